The van der Waals surface area contributed by atoms with Crippen molar-refractivity contribution in [3.63, 3.8) is 0 Å². The normalized spacial score (nSPS) is 11.1. The summed E-state index contributed by atoms with van der Waals surface area (Å²) in [5, 5.41) is 13.4. The van der Waals surface area contributed by atoms with Crippen LogP contribution in [0, 0.1) is 0 Å². The van der Waals surface area contributed by atoms with Gasteiger partial charge in [-0.05, 0) is 23.8 Å². The molecule has 0 fully saturated rings. The van der Waals surface area contributed by atoms with Crippen molar-refractivity contribution in [1.82, 2.24) is 30.1 Å². The first-order chi connectivity index (χ1) is 13.4. The zero-order valence-electron chi connectivity index (χ0n) is 14.3. The topological polar surface area (TPSA) is 92.3 Å². The Hall–Kier alpha value is -3.87. The number of hydrogen-bond donors (Lipinski definition) is 2. The Kier molecular flexibility index (Phi) is 3.68. The number of aromatic nitrogens is 6. The molecule has 7 nitrogen and oxygen atoms in total. The molecule has 0 radical (unpaired) electrons. The molecule has 5 aromatic rings. The highest BCUT2D eigenvalue weighted by Gasteiger charge is 2.13. The fourth-order valence-corrected chi connectivity index (χ4v) is 3.22. The predicted molar refractivity (Wildman–Crippen MR) is 104 cm³/mol. The third kappa shape index (κ3) is 2.75. The minimum absolute atomic E-state index is 0.633. The number of H-pyrrole nitrogens is 1. The maximum atomic E-state index is 4.93. The Balaban J connectivity index is 1.70. The second kappa shape index (κ2) is 6.45. The van der Waals surface area contributed by atoms with E-state index in [4.69, 9.17) is 4.98 Å². The van der Waals surface area contributed by atoms with Gasteiger partial charge in [0, 0.05) is 53.1 Å². The molecule has 0 unspecified atom stereocenters. The fourth-order valence-electron chi connectivity index (χ4n) is 3.22. The molecular weight excluding hydrogens is 338 g/mol. The van der Waals surface area contributed by atoms with Crippen LogP contribution in [0.2, 0.25) is 0 Å². The van der Waals surface area contributed by atoms with Crippen molar-refractivity contribution in [2.24, 2.45) is 0 Å². The molecule has 0 aliphatic heterocycles. The van der Waals surface area contributed by atoms with Crippen molar-refractivity contribution in [3.05, 3.63) is 73.1 Å². The molecule has 0 aliphatic rings. The van der Waals surface area contributed by atoms with Crippen molar-refractivity contribution in [1.29, 1.82) is 0 Å². The highest BCUT2D eigenvalue weighted by Crippen LogP contribution is 2.33. The summed E-state index contributed by atoms with van der Waals surface area (Å²) in [6.45, 7) is 0.633. The second-order valence-electron chi connectivity index (χ2n) is 6.13. The fraction of sp³-hybridized carbons (Fsp3) is 0.0500. The molecule has 0 saturated carbocycles. The van der Waals surface area contributed by atoms with Gasteiger partial charge in [-0.2, -0.15) is 5.10 Å². The summed E-state index contributed by atoms with van der Waals surface area (Å²) < 4.78 is 0. The summed E-state index contributed by atoms with van der Waals surface area (Å²) in [5.74, 6) is 1.49. The third-order valence-corrected chi connectivity index (χ3v) is 4.48. The number of benzene rings is 1. The highest BCUT2D eigenvalue weighted by molar-refractivity contribution is 6.12. The average molecular weight is 353 g/mol. The number of pyridine rings is 3. The quantitative estimate of drug-likeness (QED) is 0.480. The summed E-state index contributed by atoms with van der Waals surface area (Å²) in [7, 11) is 0. The van der Waals surface area contributed by atoms with E-state index in [1.165, 1.54) is 6.33 Å². The largest absolute Gasteiger partial charge is 0.365 e. The highest BCUT2D eigenvalue weighted by atomic mass is 15.2. The van der Waals surface area contributed by atoms with Gasteiger partial charge >= 0.3 is 0 Å². The maximum Gasteiger partial charge on any atom is 0.157 e. The number of para-hydroxylation sites is 1. The van der Waals surface area contributed by atoms with Crippen molar-refractivity contribution >= 4 is 27.5 Å². The minimum Gasteiger partial charge on any atom is -0.365 e. The lowest BCUT2D eigenvalue weighted by Gasteiger charge is -2.13. The molecule has 7 heteroatoms. The van der Waals surface area contributed by atoms with Gasteiger partial charge in [0.25, 0.3) is 0 Å². The lowest BCUT2D eigenvalue weighted by Crippen LogP contribution is -2.03. The molecule has 130 valence electrons. The summed E-state index contributed by atoms with van der Waals surface area (Å²) in [5.41, 5.74) is 2.84. The third-order valence-electron chi connectivity index (χ3n) is 4.48. The van der Waals surface area contributed by atoms with Gasteiger partial charge in [-0.1, -0.05) is 18.2 Å². The molecule has 1 aromatic carbocycles. The van der Waals surface area contributed by atoms with E-state index in [0.717, 1.165) is 38.6 Å². The molecule has 0 amide bonds. The van der Waals surface area contributed by atoms with Gasteiger partial charge in [0.05, 0.1) is 5.52 Å². The van der Waals surface area contributed by atoms with E-state index in [2.05, 4.69) is 36.5 Å². The van der Waals surface area contributed by atoms with Crippen molar-refractivity contribution in [3.8, 4) is 11.4 Å². The lowest BCUT2D eigenvalue weighted by molar-refractivity contribution is 1.09. The van der Waals surface area contributed by atoms with E-state index in [1.54, 1.807) is 12.4 Å². The van der Waals surface area contributed by atoms with Crippen molar-refractivity contribution in [2.75, 3.05) is 5.32 Å². The summed E-state index contributed by atoms with van der Waals surface area (Å²) >= 11 is 0. The first-order valence-electron chi connectivity index (χ1n) is 8.55. The van der Waals surface area contributed by atoms with Crippen LogP contribution in [0.4, 0.5) is 5.82 Å². The summed E-state index contributed by atoms with van der Waals surface area (Å²) in [6, 6.07) is 12.0. The molecule has 0 saturated heterocycles. The smallest absolute Gasteiger partial charge is 0.157 e. The number of nitrogens with zero attached hydrogens (tertiary/aromatic N) is 5. The number of nitrogens with one attached hydrogen (secondary N) is 2. The molecule has 5 rings (SSSR count). The minimum atomic E-state index is 0.633. The average Bonchev–Trinajstić information content (AvgIpc) is 3.27. The number of rotatable bonds is 4. The first kappa shape index (κ1) is 15.4. The summed E-state index contributed by atoms with van der Waals surface area (Å²) in [4.78, 5) is 17.7. The van der Waals surface area contributed by atoms with Crippen LogP contribution in [0.15, 0.2) is 67.5 Å². The molecule has 0 spiro atoms. The van der Waals surface area contributed by atoms with Gasteiger partial charge < -0.3 is 5.32 Å². The van der Waals surface area contributed by atoms with Crippen LogP contribution in [0.25, 0.3) is 33.1 Å². The molecule has 0 aliphatic carbocycles. The van der Waals surface area contributed by atoms with E-state index in [9.17, 15) is 0 Å². The van der Waals surface area contributed by atoms with E-state index in [1.807, 2.05) is 42.7 Å². The number of hydrogen-bond acceptors (Lipinski definition) is 6. The lowest BCUT2D eigenvalue weighted by atomic mass is 10.0. The predicted octanol–water partition coefficient (Wildman–Crippen LogP) is 3.58. The van der Waals surface area contributed by atoms with Gasteiger partial charge in [0.15, 0.2) is 5.82 Å². The van der Waals surface area contributed by atoms with Gasteiger partial charge in [-0.3, -0.25) is 15.1 Å². The Morgan fingerprint density at radius 3 is 2.70 bits per heavy atom. The Labute approximate surface area is 154 Å². The number of fused-ring (bicyclic) bond motifs is 3. The van der Waals surface area contributed by atoms with Gasteiger partial charge in [0.1, 0.15) is 12.1 Å². The monoisotopic (exact) mass is 353 g/mol. The Morgan fingerprint density at radius 1 is 0.889 bits per heavy atom. The van der Waals surface area contributed by atoms with Crippen molar-refractivity contribution in [2.45, 2.75) is 6.54 Å². The SMILES string of the molecule is c1cncc(CNc2nc3c(-c4ncn[nH]4)cccc3c3cnccc23)c1. The zero-order valence-corrected chi connectivity index (χ0v) is 14.3. The van der Waals surface area contributed by atoms with E-state index in [0.29, 0.717) is 12.4 Å². The maximum absolute atomic E-state index is 4.93. The molecule has 4 aromatic heterocycles. The van der Waals surface area contributed by atoms with E-state index < -0.39 is 0 Å². The standard InChI is InChI=1S/C20H15N7/c1-4-14-17-11-22-8-6-15(17)19(23-10-13-3-2-7-21-9-13)26-18(14)16(5-1)20-24-12-25-27-20/h1-9,11-12H,10H2,(H,23,26)(H,24,25,27). The molecule has 4 heterocycles. The number of aromatic amines is 1. The van der Waals surface area contributed by atoms with Crippen LogP contribution in [0.5, 0.6) is 0 Å². The Morgan fingerprint density at radius 2 is 1.85 bits per heavy atom. The molecule has 0 bridgehead atoms. The van der Waals surface area contributed by atoms with Gasteiger partial charge in [-0.25, -0.2) is 9.97 Å². The first-order valence-corrected chi connectivity index (χ1v) is 8.55. The molecule has 27 heavy (non-hydrogen) atoms. The number of anilines is 1. The van der Waals surface area contributed by atoms with Crippen LogP contribution >= 0.6 is 0 Å². The van der Waals surface area contributed by atoms with Crippen LogP contribution in [-0.2, 0) is 6.54 Å². The van der Waals surface area contributed by atoms with Gasteiger partial charge in [-0.15, -0.1) is 0 Å². The van der Waals surface area contributed by atoms with E-state index >= 15 is 0 Å². The molecule has 0 atom stereocenters. The van der Waals surface area contributed by atoms with Crippen LogP contribution < -0.4 is 5.32 Å². The molecule has 2 N–H and O–H groups in total. The molecular formula is C20H15N7. The van der Waals surface area contributed by atoms with Crippen molar-refractivity contribution < 1.29 is 0 Å². The zero-order chi connectivity index (χ0) is 18.1. The van der Waals surface area contributed by atoms with Crippen LogP contribution in [0.1, 0.15) is 5.56 Å². The Bertz CT molecular complexity index is 1220. The van der Waals surface area contributed by atoms with Gasteiger partial charge in [0.2, 0.25) is 0 Å². The summed E-state index contributed by atoms with van der Waals surface area (Å²) in [6.07, 6.45) is 8.77. The van der Waals surface area contributed by atoms with E-state index in [-0.39, 0.29) is 0 Å². The van der Waals surface area contributed by atoms with Crippen LogP contribution in [0.3, 0.4) is 0 Å². The van der Waals surface area contributed by atoms with Crippen LogP contribution in [-0.4, -0.2) is 30.1 Å². The second-order valence-corrected chi connectivity index (χ2v) is 6.13.